The van der Waals surface area contributed by atoms with Crippen molar-refractivity contribution in [3.8, 4) is 17.5 Å². The first-order valence-corrected chi connectivity index (χ1v) is 5.35. The molecule has 0 atom stereocenters. The highest BCUT2D eigenvalue weighted by Gasteiger charge is 2.05. The van der Waals surface area contributed by atoms with Crippen molar-refractivity contribution in [2.24, 2.45) is 7.05 Å². The minimum Gasteiger partial charge on any atom is -0.508 e. The molecule has 3 rings (SSSR count). The lowest BCUT2D eigenvalue weighted by Crippen LogP contribution is -1.95. The number of hydrogen-bond donors (Lipinski definition) is 1. The third-order valence-corrected chi connectivity index (χ3v) is 2.59. The van der Waals surface area contributed by atoms with Crippen LogP contribution in [-0.2, 0) is 7.05 Å². The van der Waals surface area contributed by atoms with Crippen molar-refractivity contribution in [3.05, 3.63) is 36.4 Å². The zero-order valence-electron chi connectivity index (χ0n) is 9.61. The molecular weight excluding hydrogens is 232 g/mol. The maximum atomic E-state index is 9.44. The van der Waals surface area contributed by atoms with Crippen LogP contribution in [0.1, 0.15) is 0 Å². The van der Waals surface area contributed by atoms with Crippen LogP contribution < -0.4 is 4.74 Å². The van der Waals surface area contributed by atoms with Gasteiger partial charge in [0.05, 0.1) is 0 Å². The van der Waals surface area contributed by atoms with E-state index >= 15 is 0 Å². The average molecular weight is 242 g/mol. The van der Waals surface area contributed by atoms with Crippen LogP contribution in [0.15, 0.2) is 36.4 Å². The highest BCUT2D eigenvalue weighted by molar-refractivity contribution is 5.85. The fraction of sp³-hybridized carbons (Fsp3) is 0.0833. The molecule has 0 aliphatic rings. The van der Waals surface area contributed by atoms with E-state index in [1.807, 2.05) is 24.3 Å². The van der Waals surface area contributed by atoms with E-state index in [0.717, 1.165) is 10.8 Å². The molecule has 6 heteroatoms. The molecule has 0 spiro atoms. The normalized spacial score (nSPS) is 10.7. The summed E-state index contributed by atoms with van der Waals surface area (Å²) in [6.07, 6.45) is 0. The number of nitrogens with zero attached hydrogens (tertiary/aromatic N) is 4. The Morgan fingerprint density at radius 2 is 1.94 bits per heavy atom. The molecule has 0 radical (unpaired) electrons. The molecule has 18 heavy (non-hydrogen) atoms. The Kier molecular flexibility index (Phi) is 2.33. The number of phenols is 1. The van der Waals surface area contributed by atoms with Gasteiger partial charge in [0.25, 0.3) is 0 Å². The number of aromatic hydroxyl groups is 1. The maximum absolute atomic E-state index is 9.44. The zero-order chi connectivity index (χ0) is 12.5. The predicted molar refractivity (Wildman–Crippen MR) is 64.5 cm³/mol. The highest BCUT2D eigenvalue weighted by atomic mass is 16.5. The van der Waals surface area contributed by atoms with Crippen LogP contribution in [0, 0.1) is 0 Å². The van der Waals surface area contributed by atoms with Gasteiger partial charge in [-0.05, 0) is 45.5 Å². The standard InChI is InChI=1S/C12H10N4O2/c1-16-12(13-14-15-16)18-11-5-3-8-2-4-10(17)6-9(8)7-11/h2-7,17H,1H3. The predicted octanol–water partition coefficient (Wildman–Crippen LogP) is 1.86. The molecule has 3 aromatic rings. The van der Waals surface area contributed by atoms with E-state index in [9.17, 15) is 5.11 Å². The van der Waals surface area contributed by atoms with Crippen molar-refractivity contribution < 1.29 is 9.84 Å². The fourth-order valence-electron chi connectivity index (χ4n) is 1.69. The largest absolute Gasteiger partial charge is 0.508 e. The van der Waals surface area contributed by atoms with Crippen LogP contribution in [-0.4, -0.2) is 25.3 Å². The Morgan fingerprint density at radius 1 is 1.11 bits per heavy atom. The van der Waals surface area contributed by atoms with Gasteiger partial charge in [0, 0.05) is 7.05 Å². The van der Waals surface area contributed by atoms with Crippen LogP contribution in [0.4, 0.5) is 0 Å². The second kappa shape index (κ2) is 3.99. The van der Waals surface area contributed by atoms with Crippen molar-refractivity contribution in [2.45, 2.75) is 0 Å². The van der Waals surface area contributed by atoms with Gasteiger partial charge in [-0.25, -0.2) is 0 Å². The van der Waals surface area contributed by atoms with E-state index in [2.05, 4.69) is 15.5 Å². The molecule has 0 aliphatic heterocycles. The summed E-state index contributed by atoms with van der Waals surface area (Å²) in [6, 6.07) is 11.0. The van der Waals surface area contributed by atoms with Crippen molar-refractivity contribution >= 4 is 10.8 Å². The van der Waals surface area contributed by atoms with Crippen LogP contribution >= 0.6 is 0 Å². The molecular formula is C12H10N4O2. The van der Waals surface area contributed by atoms with Crippen molar-refractivity contribution in [2.75, 3.05) is 0 Å². The Bertz CT molecular complexity index is 708. The lowest BCUT2D eigenvalue weighted by Gasteiger charge is -2.05. The van der Waals surface area contributed by atoms with Gasteiger partial charge < -0.3 is 9.84 Å². The zero-order valence-corrected chi connectivity index (χ0v) is 9.61. The first-order chi connectivity index (χ1) is 8.72. The number of ether oxygens (including phenoxy) is 1. The Morgan fingerprint density at radius 3 is 2.72 bits per heavy atom. The summed E-state index contributed by atoms with van der Waals surface area (Å²) >= 11 is 0. The molecule has 0 amide bonds. The van der Waals surface area contributed by atoms with Gasteiger partial charge in [-0.15, -0.1) is 0 Å². The molecule has 1 N–H and O–H groups in total. The maximum Gasteiger partial charge on any atom is 0.340 e. The van der Waals surface area contributed by atoms with Crippen LogP contribution in [0.3, 0.4) is 0 Å². The SMILES string of the molecule is Cn1nnnc1Oc1ccc2ccc(O)cc2c1. The summed E-state index contributed by atoms with van der Waals surface area (Å²) in [6.45, 7) is 0. The smallest absolute Gasteiger partial charge is 0.340 e. The fourth-order valence-corrected chi connectivity index (χ4v) is 1.69. The number of hydrogen-bond acceptors (Lipinski definition) is 5. The Balaban J connectivity index is 2.00. The van der Waals surface area contributed by atoms with E-state index < -0.39 is 0 Å². The van der Waals surface area contributed by atoms with Crippen molar-refractivity contribution in [1.82, 2.24) is 20.2 Å². The van der Waals surface area contributed by atoms with Crippen LogP contribution in [0.2, 0.25) is 0 Å². The summed E-state index contributed by atoms with van der Waals surface area (Å²) in [5.74, 6) is 0.839. The van der Waals surface area contributed by atoms with Gasteiger partial charge in [-0.1, -0.05) is 17.2 Å². The number of benzene rings is 2. The van der Waals surface area contributed by atoms with E-state index in [-0.39, 0.29) is 5.75 Å². The minimum atomic E-state index is 0.222. The highest BCUT2D eigenvalue weighted by Crippen LogP contribution is 2.26. The summed E-state index contributed by atoms with van der Waals surface area (Å²) in [7, 11) is 1.70. The molecule has 0 saturated heterocycles. The van der Waals surface area contributed by atoms with Gasteiger partial charge in [-0.2, -0.15) is 4.68 Å². The van der Waals surface area contributed by atoms with Crippen molar-refractivity contribution in [3.63, 3.8) is 0 Å². The van der Waals surface area contributed by atoms with Crippen molar-refractivity contribution in [1.29, 1.82) is 0 Å². The third kappa shape index (κ3) is 1.84. The number of phenolic OH excluding ortho intramolecular Hbond substituents is 1. The average Bonchev–Trinajstić information content (AvgIpc) is 2.74. The monoisotopic (exact) mass is 242 g/mol. The topological polar surface area (TPSA) is 73.1 Å². The van der Waals surface area contributed by atoms with Crippen LogP contribution in [0.25, 0.3) is 10.8 Å². The molecule has 2 aromatic carbocycles. The molecule has 90 valence electrons. The molecule has 1 aromatic heterocycles. The van der Waals surface area contributed by atoms with E-state index in [1.54, 1.807) is 19.2 Å². The summed E-state index contributed by atoms with van der Waals surface area (Å²) in [5.41, 5.74) is 0. The molecule has 0 fully saturated rings. The lowest BCUT2D eigenvalue weighted by molar-refractivity contribution is 0.415. The van der Waals surface area contributed by atoms with Gasteiger partial charge in [0.2, 0.25) is 0 Å². The van der Waals surface area contributed by atoms with E-state index in [4.69, 9.17) is 4.74 Å². The minimum absolute atomic E-state index is 0.222. The summed E-state index contributed by atoms with van der Waals surface area (Å²) in [4.78, 5) is 0. The summed E-state index contributed by atoms with van der Waals surface area (Å²) < 4.78 is 6.98. The van der Waals surface area contributed by atoms with E-state index in [1.165, 1.54) is 4.68 Å². The molecule has 0 aliphatic carbocycles. The van der Waals surface area contributed by atoms with Gasteiger partial charge in [-0.3, -0.25) is 0 Å². The van der Waals surface area contributed by atoms with E-state index in [0.29, 0.717) is 11.8 Å². The second-order valence-electron chi connectivity index (χ2n) is 3.88. The van der Waals surface area contributed by atoms with Crippen LogP contribution in [0.5, 0.6) is 17.5 Å². The molecule has 0 saturated carbocycles. The second-order valence-corrected chi connectivity index (χ2v) is 3.88. The summed E-state index contributed by atoms with van der Waals surface area (Å²) in [5, 5.41) is 22.3. The van der Waals surface area contributed by atoms with Gasteiger partial charge >= 0.3 is 6.01 Å². The molecule has 0 unspecified atom stereocenters. The first kappa shape index (κ1) is 10.5. The third-order valence-electron chi connectivity index (χ3n) is 2.59. The first-order valence-electron chi connectivity index (χ1n) is 5.35. The molecule has 0 bridgehead atoms. The quantitative estimate of drug-likeness (QED) is 0.742. The number of aromatic nitrogens is 4. The number of fused-ring (bicyclic) bond motifs is 1. The number of tetrazole rings is 1. The lowest BCUT2D eigenvalue weighted by atomic mass is 10.1. The Labute approximate surface area is 102 Å². The molecule has 1 heterocycles. The number of rotatable bonds is 2. The van der Waals surface area contributed by atoms with Gasteiger partial charge in [0.1, 0.15) is 11.5 Å². The number of aryl methyl sites for hydroxylation is 1. The van der Waals surface area contributed by atoms with Gasteiger partial charge in [0.15, 0.2) is 0 Å². The Hall–Kier alpha value is -2.63. The molecule has 6 nitrogen and oxygen atoms in total.